The predicted octanol–water partition coefficient (Wildman–Crippen LogP) is 4.67. The number of aryl methyl sites for hydroxylation is 2. The van der Waals surface area contributed by atoms with Crippen LogP contribution in [0.25, 0.3) is 22.3 Å². The van der Waals surface area contributed by atoms with Crippen LogP contribution in [0.4, 0.5) is 18.3 Å². The van der Waals surface area contributed by atoms with Crippen LogP contribution < -0.4 is 5.32 Å². The Morgan fingerprint density at radius 3 is 2.79 bits per heavy atom. The summed E-state index contributed by atoms with van der Waals surface area (Å²) >= 11 is 1.13. The SMILES string of the molecule is Cc1nn(C)c2ncc(C(=O)Nc3nc(-c4cccc(C(F)(F)F)c4)cs3)cc12. The van der Waals surface area contributed by atoms with Gasteiger partial charge in [-0.15, -0.1) is 11.3 Å². The van der Waals surface area contributed by atoms with Gasteiger partial charge in [0.2, 0.25) is 0 Å². The van der Waals surface area contributed by atoms with E-state index in [0.29, 0.717) is 22.5 Å². The lowest BCUT2D eigenvalue weighted by molar-refractivity contribution is -0.137. The fourth-order valence-corrected chi connectivity index (χ4v) is 3.63. The number of carbonyl (C=O) groups excluding carboxylic acids is 1. The van der Waals surface area contributed by atoms with Gasteiger partial charge in [0.25, 0.3) is 5.91 Å². The highest BCUT2D eigenvalue weighted by Crippen LogP contribution is 2.33. The fraction of sp³-hybridized carbons (Fsp3) is 0.158. The molecule has 29 heavy (non-hydrogen) atoms. The van der Waals surface area contributed by atoms with Gasteiger partial charge < -0.3 is 0 Å². The van der Waals surface area contributed by atoms with E-state index in [-0.39, 0.29) is 5.13 Å². The second kappa shape index (κ2) is 6.96. The van der Waals surface area contributed by atoms with E-state index in [9.17, 15) is 18.0 Å². The van der Waals surface area contributed by atoms with Crippen molar-refractivity contribution in [3.8, 4) is 11.3 Å². The van der Waals surface area contributed by atoms with Gasteiger partial charge in [0.15, 0.2) is 10.8 Å². The van der Waals surface area contributed by atoms with E-state index in [1.54, 1.807) is 29.2 Å². The number of halogens is 3. The molecule has 0 aliphatic heterocycles. The van der Waals surface area contributed by atoms with Gasteiger partial charge in [0, 0.05) is 29.6 Å². The van der Waals surface area contributed by atoms with Gasteiger partial charge in [-0.05, 0) is 25.1 Å². The van der Waals surface area contributed by atoms with Crippen LogP contribution in [0.1, 0.15) is 21.6 Å². The van der Waals surface area contributed by atoms with Crippen LogP contribution in [0.15, 0.2) is 41.9 Å². The zero-order chi connectivity index (χ0) is 20.8. The third-order valence-corrected chi connectivity index (χ3v) is 5.09. The number of hydrogen-bond donors (Lipinski definition) is 1. The van der Waals surface area contributed by atoms with E-state index in [4.69, 9.17) is 0 Å². The number of hydrogen-bond acceptors (Lipinski definition) is 5. The van der Waals surface area contributed by atoms with Crippen molar-refractivity contribution in [3.05, 3.63) is 58.7 Å². The molecule has 0 aliphatic carbocycles. The van der Waals surface area contributed by atoms with E-state index in [0.717, 1.165) is 34.5 Å². The largest absolute Gasteiger partial charge is 0.416 e. The number of nitrogens with one attached hydrogen (secondary N) is 1. The minimum absolute atomic E-state index is 0.283. The number of nitrogens with zero attached hydrogens (tertiary/aromatic N) is 4. The van der Waals surface area contributed by atoms with Crippen LogP contribution in [0.3, 0.4) is 0 Å². The summed E-state index contributed by atoms with van der Waals surface area (Å²) < 4.78 is 40.3. The van der Waals surface area contributed by atoms with Crippen molar-refractivity contribution in [2.45, 2.75) is 13.1 Å². The smallest absolute Gasteiger partial charge is 0.298 e. The number of rotatable bonds is 3. The lowest BCUT2D eigenvalue weighted by Gasteiger charge is -2.07. The van der Waals surface area contributed by atoms with Crippen LogP contribution in [0.2, 0.25) is 0 Å². The molecule has 1 aromatic carbocycles. The maximum Gasteiger partial charge on any atom is 0.416 e. The van der Waals surface area contributed by atoms with Gasteiger partial charge in [-0.1, -0.05) is 12.1 Å². The number of pyridine rings is 1. The van der Waals surface area contributed by atoms with Gasteiger partial charge in [0.05, 0.1) is 22.5 Å². The Bertz CT molecular complexity index is 1230. The summed E-state index contributed by atoms with van der Waals surface area (Å²) in [6.07, 6.45) is -2.99. The van der Waals surface area contributed by atoms with E-state index in [1.807, 2.05) is 6.92 Å². The molecule has 0 aliphatic rings. The van der Waals surface area contributed by atoms with Crippen molar-refractivity contribution in [1.82, 2.24) is 19.7 Å². The molecule has 148 valence electrons. The molecule has 10 heteroatoms. The second-order valence-electron chi connectivity index (χ2n) is 6.37. The first-order valence-corrected chi connectivity index (χ1v) is 9.34. The second-order valence-corrected chi connectivity index (χ2v) is 7.23. The molecular formula is C19H14F3N5OS. The quantitative estimate of drug-likeness (QED) is 0.526. The third kappa shape index (κ3) is 3.70. The first-order valence-electron chi connectivity index (χ1n) is 8.46. The monoisotopic (exact) mass is 417 g/mol. The number of anilines is 1. The molecule has 1 N–H and O–H groups in total. The molecule has 3 aromatic heterocycles. The Labute approximate surface area is 167 Å². The van der Waals surface area contributed by atoms with E-state index in [2.05, 4.69) is 20.4 Å². The van der Waals surface area contributed by atoms with Gasteiger partial charge >= 0.3 is 6.18 Å². The van der Waals surface area contributed by atoms with Crippen molar-refractivity contribution in [2.75, 3.05) is 5.32 Å². The first-order chi connectivity index (χ1) is 13.7. The van der Waals surface area contributed by atoms with Crippen LogP contribution >= 0.6 is 11.3 Å². The average Bonchev–Trinajstić information content (AvgIpc) is 3.25. The number of aromatic nitrogens is 4. The van der Waals surface area contributed by atoms with Gasteiger partial charge in [-0.2, -0.15) is 18.3 Å². The minimum atomic E-state index is -4.43. The summed E-state index contributed by atoms with van der Waals surface area (Å²) in [4.78, 5) is 21.0. The normalized spacial score (nSPS) is 11.8. The summed E-state index contributed by atoms with van der Waals surface area (Å²) in [5, 5.41) is 9.58. The fourth-order valence-electron chi connectivity index (χ4n) is 2.92. The Balaban J connectivity index is 1.56. The molecule has 0 saturated carbocycles. The van der Waals surface area contributed by atoms with Gasteiger partial charge in [-0.3, -0.25) is 14.8 Å². The van der Waals surface area contributed by atoms with Gasteiger partial charge in [0.1, 0.15) is 0 Å². The Morgan fingerprint density at radius 1 is 1.24 bits per heavy atom. The number of alkyl halides is 3. The Kier molecular flexibility index (Phi) is 4.58. The number of thiazole rings is 1. The number of carbonyl (C=O) groups is 1. The minimum Gasteiger partial charge on any atom is -0.298 e. The van der Waals surface area contributed by atoms with Crippen molar-refractivity contribution in [2.24, 2.45) is 7.05 Å². The summed E-state index contributed by atoms with van der Waals surface area (Å²) in [6.45, 7) is 1.83. The molecule has 0 saturated heterocycles. The third-order valence-electron chi connectivity index (χ3n) is 4.34. The molecule has 0 radical (unpaired) electrons. The average molecular weight is 417 g/mol. The highest BCUT2D eigenvalue weighted by atomic mass is 32.1. The molecule has 0 unspecified atom stereocenters. The molecule has 0 spiro atoms. The standard InChI is InChI=1S/C19H14F3N5OS/c1-10-14-7-12(8-23-16(14)27(2)26-10)17(28)25-18-24-15(9-29-18)11-4-3-5-13(6-11)19(20,21)22/h3-9H,1-2H3,(H,24,25,28). The molecule has 4 rings (SSSR count). The van der Waals surface area contributed by atoms with Crippen LogP contribution in [0, 0.1) is 6.92 Å². The van der Waals surface area contributed by atoms with Crippen LogP contribution in [-0.2, 0) is 13.2 Å². The van der Waals surface area contributed by atoms with Crippen molar-refractivity contribution < 1.29 is 18.0 Å². The molecular weight excluding hydrogens is 403 g/mol. The first kappa shape index (κ1) is 19.1. The number of amides is 1. The summed E-state index contributed by atoms with van der Waals surface area (Å²) in [5.74, 6) is -0.410. The van der Waals surface area contributed by atoms with Crippen LogP contribution in [0.5, 0.6) is 0 Å². The molecule has 3 heterocycles. The molecule has 0 fully saturated rings. The molecule has 6 nitrogen and oxygen atoms in total. The molecule has 0 bridgehead atoms. The highest BCUT2D eigenvalue weighted by Gasteiger charge is 2.30. The summed E-state index contributed by atoms with van der Waals surface area (Å²) in [5.41, 5.74) is 1.69. The highest BCUT2D eigenvalue weighted by molar-refractivity contribution is 7.14. The summed E-state index contributed by atoms with van der Waals surface area (Å²) in [7, 11) is 1.77. The maximum absolute atomic E-state index is 12.9. The summed E-state index contributed by atoms with van der Waals surface area (Å²) in [6, 6.07) is 6.60. The molecule has 0 atom stereocenters. The molecule has 4 aromatic rings. The van der Waals surface area contributed by atoms with E-state index >= 15 is 0 Å². The molecule has 1 amide bonds. The Hall–Kier alpha value is -3.27. The van der Waals surface area contributed by atoms with Crippen LogP contribution in [-0.4, -0.2) is 25.7 Å². The van der Waals surface area contributed by atoms with E-state index < -0.39 is 17.6 Å². The van der Waals surface area contributed by atoms with Crippen molar-refractivity contribution in [1.29, 1.82) is 0 Å². The van der Waals surface area contributed by atoms with Crippen molar-refractivity contribution in [3.63, 3.8) is 0 Å². The topological polar surface area (TPSA) is 72.7 Å². The number of benzene rings is 1. The zero-order valence-corrected chi connectivity index (χ0v) is 16.1. The van der Waals surface area contributed by atoms with Gasteiger partial charge in [-0.25, -0.2) is 9.97 Å². The Morgan fingerprint density at radius 2 is 2.03 bits per heavy atom. The van der Waals surface area contributed by atoms with Crippen molar-refractivity contribution >= 4 is 33.4 Å². The van der Waals surface area contributed by atoms with E-state index in [1.165, 1.54) is 12.3 Å². The zero-order valence-electron chi connectivity index (χ0n) is 15.3. The lowest BCUT2D eigenvalue weighted by Crippen LogP contribution is -2.12. The number of fused-ring (bicyclic) bond motifs is 1. The lowest BCUT2D eigenvalue weighted by atomic mass is 10.1. The predicted molar refractivity (Wildman–Crippen MR) is 104 cm³/mol. The maximum atomic E-state index is 12.9.